The van der Waals surface area contributed by atoms with Gasteiger partial charge in [-0.3, -0.25) is 9.59 Å². The fourth-order valence-corrected chi connectivity index (χ4v) is 3.76. The fourth-order valence-electron chi connectivity index (χ4n) is 3.76. The maximum absolute atomic E-state index is 13.0. The third-order valence-corrected chi connectivity index (χ3v) is 5.30. The van der Waals surface area contributed by atoms with Gasteiger partial charge in [0.1, 0.15) is 0 Å². The first-order valence-corrected chi connectivity index (χ1v) is 10.0. The molecular formula is C22H30N4O2. The molecule has 0 aliphatic carbocycles. The molecule has 0 bridgehead atoms. The highest BCUT2D eigenvalue weighted by Gasteiger charge is 2.25. The highest BCUT2D eigenvalue weighted by Crippen LogP contribution is 2.19. The number of hydrogen-bond acceptors (Lipinski definition) is 3. The van der Waals surface area contributed by atoms with Crippen LogP contribution in [0.4, 0.5) is 0 Å². The molecule has 2 amide bonds. The molecule has 6 heteroatoms. The van der Waals surface area contributed by atoms with Gasteiger partial charge in [-0.15, -0.1) is 0 Å². The van der Waals surface area contributed by atoms with Crippen molar-refractivity contribution >= 4 is 11.8 Å². The molecule has 150 valence electrons. The summed E-state index contributed by atoms with van der Waals surface area (Å²) in [6.07, 6.45) is 0.725. The van der Waals surface area contributed by atoms with E-state index in [0.29, 0.717) is 38.4 Å². The Morgan fingerprint density at radius 3 is 2.50 bits per heavy atom. The average molecular weight is 383 g/mol. The number of carbonyl (C=O) groups is 2. The van der Waals surface area contributed by atoms with Gasteiger partial charge in [-0.1, -0.05) is 32.0 Å². The minimum atomic E-state index is 0.0676. The summed E-state index contributed by atoms with van der Waals surface area (Å²) in [6, 6.07) is 9.95. The van der Waals surface area contributed by atoms with Gasteiger partial charge in [0.2, 0.25) is 11.8 Å². The number of benzene rings is 1. The van der Waals surface area contributed by atoms with Crippen LogP contribution in [-0.2, 0) is 16.0 Å². The molecular weight excluding hydrogens is 352 g/mol. The van der Waals surface area contributed by atoms with Crippen LogP contribution in [0.15, 0.2) is 30.3 Å². The van der Waals surface area contributed by atoms with Crippen molar-refractivity contribution in [2.45, 2.75) is 40.5 Å². The Morgan fingerprint density at radius 2 is 1.82 bits per heavy atom. The van der Waals surface area contributed by atoms with Gasteiger partial charge in [-0.05, 0) is 31.9 Å². The van der Waals surface area contributed by atoms with Crippen LogP contribution in [0, 0.1) is 19.8 Å². The van der Waals surface area contributed by atoms with Crippen molar-refractivity contribution in [2.24, 2.45) is 5.92 Å². The Hall–Kier alpha value is -2.63. The Kier molecular flexibility index (Phi) is 6.17. The van der Waals surface area contributed by atoms with Crippen LogP contribution in [0.3, 0.4) is 0 Å². The second kappa shape index (κ2) is 8.59. The van der Waals surface area contributed by atoms with Crippen LogP contribution >= 0.6 is 0 Å². The van der Waals surface area contributed by atoms with Crippen LogP contribution in [0.1, 0.15) is 37.2 Å². The summed E-state index contributed by atoms with van der Waals surface area (Å²) < 4.78 is 1.90. The zero-order valence-corrected chi connectivity index (χ0v) is 17.3. The molecule has 0 saturated carbocycles. The highest BCUT2D eigenvalue weighted by atomic mass is 16.2. The van der Waals surface area contributed by atoms with E-state index in [1.807, 2.05) is 58.7 Å². The molecule has 0 spiro atoms. The summed E-state index contributed by atoms with van der Waals surface area (Å²) in [5.41, 5.74) is 3.83. The normalized spacial score (nSPS) is 15.2. The van der Waals surface area contributed by atoms with Crippen molar-refractivity contribution in [3.05, 3.63) is 47.3 Å². The van der Waals surface area contributed by atoms with E-state index in [1.54, 1.807) is 0 Å². The number of carbonyl (C=O) groups excluding carboxylic acids is 2. The van der Waals surface area contributed by atoms with Crippen molar-refractivity contribution in [1.29, 1.82) is 0 Å². The Bertz CT molecular complexity index is 842. The van der Waals surface area contributed by atoms with Gasteiger partial charge in [0.05, 0.1) is 17.8 Å². The SMILES string of the molecule is Cc1nn(-c2ccccc2)c(C)c1CC(=O)N1CCC(=O)N(CC(C)C)CC1. The van der Waals surface area contributed by atoms with Gasteiger partial charge >= 0.3 is 0 Å². The molecule has 6 nitrogen and oxygen atoms in total. The number of amides is 2. The molecule has 1 aromatic carbocycles. The molecule has 0 unspecified atom stereocenters. The number of hydrogen-bond donors (Lipinski definition) is 0. The summed E-state index contributed by atoms with van der Waals surface area (Å²) in [6.45, 7) is 10.6. The van der Waals surface area contributed by atoms with E-state index in [1.165, 1.54) is 0 Å². The van der Waals surface area contributed by atoms with Crippen LogP contribution in [0.25, 0.3) is 5.69 Å². The molecule has 1 fully saturated rings. The van der Waals surface area contributed by atoms with E-state index in [2.05, 4.69) is 18.9 Å². The van der Waals surface area contributed by atoms with Crippen molar-refractivity contribution in [1.82, 2.24) is 19.6 Å². The van der Waals surface area contributed by atoms with Gasteiger partial charge in [0.15, 0.2) is 0 Å². The summed E-state index contributed by atoms with van der Waals surface area (Å²) in [4.78, 5) is 29.0. The molecule has 0 radical (unpaired) electrons. The predicted octanol–water partition coefficient (Wildman–Crippen LogP) is 2.75. The van der Waals surface area contributed by atoms with E-state index in [9.17, 15) is 9.59 Å². The summed E-state index contributed by atoms with van der Waals surface area (Å²) in [5, 5.41) is 4.64. The highest BCUT2D eigenvalue weighted by molar-refractivity contribution is 5.82. The first-order valence-electron chi connectivity index (χ1n) is 10.0. The third kappa shape index (κ3) is 4.43. The second-order valence-electron chi connectivity index (χ2n) is 7.94. The molecule has 2 aromatic rings. The fraction of sp³-hybridized carbons (Fsp3) is 0.500. The van der Waals surface area contributed by atoms with Crippen molar-refractivity contribution in [2.75, 3.05) is 26.2 Å². The van der Waals surface area contributed by atoms with E-state index in [0.717, 1.165) is 29.2 Å². The molecule has 0 atom stereocenters. The lowest BCUT2D eigenvalue weighted by atomic mass is 10.1. The maximum atomic E-state index is 13.0. The first kappa shape index (κ1) is 20.1. The lowest BCUT2D eigenvalue weighted by Crippen LogP contribution is -2.38. The number of para-hydroxylation sites is 1. The Labute approximate surface area is 167 Å². The topological polar surface area (TPSA) is 58.4 Å². The monoisotopic (exact) mass is 382 g/mol. The Balaban J connectivity index is 1.71. The number of aromatic nitrogens is 2. The quantitative estimate of drug-likeness (QED) is 0.799. The first-order chi connectivity index (χ1) is 13.4. The van der Waals surface area contributed by atoms with E-state index < -0.39 is 0 Å². The largest absolute Gasteiger partial charge is 0.341 e. The number of aryl methyl sites for hydroxylation is 1. The second-order valence-corrected chi connectivity index (χ2v) is 7.94. The number of rotatable bonds is 5. The van der Waals surface area contributed by atoms with Gasteiger partial charge in [0, 0.05) is 43.9 Å². The van der Waals surface area contributed by atoms with Crippen molar-refractivity contribution in [3.8, 4) is 5.69 Å². The smallest absolute Gasteiger partial charge is 0.227 e. The van der Waals surface area contributed by atoms with E-state index >= 15 is 0 Å². The zero-order chi connectivity index (χ0) is 20.3. The molecule has 0 N–H and O–H groups in total. The van der Waals surface area contributed by atoms with E-state index in [-0.39, 0.29) is 11.8 Å². The molecule has 28 heavy (non-hydrogen) atoms. The Morgan fingerprint density at radius 1 is 1.11 bits per heavy atom. The minimum Gasteiger partial charge on any atom is -0.341 e. The van der Waals surface area contributed by atoms with Crippen molar-refractivity contribution < 1.29 is 9.59 Å². The van der Waals surface area contributed by atoms with Gasteiger partial charge < -0.3 is 9.80 Å². The van der Waals surface area contributed by atoms with Crippen LogP contribution < -0.4 is 0 Å². The van der Waals surface area contributed by atoms with Crippen LogP contribution in [0.2, 0.25) is 0 Å². The van der Waals surface area contributed by atoms with Gasteiger partial charge in [0.25, 0.3) is 0 Å². The minimum absolute atomic E-state index is 0.0676. The van der Waals surface area contributed by atoms with E-state index in [4.69, 9.17) is 0 Å². The standard InChI is InChI=1S/C22H30N4O2/c1-16(2)15-25-13-12-24(11-10-21(25)27)22(28)14-20-17(3)23-26(18(20)4)19-8-6-5-7-9-19/h5-9,16H,10-15H2,1-4H3. The predicted molar refractivity (Wildman–Crippen MR) is 109 cm³/mol. The third-order valence-electron chi connectivity index (χ3n) is 5.30. The van der Waals surface area contributed by atoms with Gasteiger partial charge in [-0.25, -0.2) is 4.68 Å². The molecule has 1 aliphatic rings. The molecule has 1 aliphatic heterocycles. The molecule has 3 rings (SSSR count). The zero-order valence-electron chi connectivity index (χ0n) is 17.3. The maximum Gasteiger partial charge on any atom is 0.227 e. The summed E-state index contributed by atoms with van der Waals surface area (Å²) in [5.74, 6) is 0.645. The average Bonchev–Trinajstić information content (AvgIpc) is 2.83. The summed E-state index contributed by atoms with van der Waals surface area (Å²) in [7, 11) is 0. The molecule has 2 heterocycles. The van der Waals surface area contributed by atoms with Crippen molar-refractivity contribution in [3.63, 3.8) is 0 Å². The van der Waals surface area contributed by atoms with Crippen LogP contribution in [-0.4, -0.2) is 57.6 Å². The molecule has 1 aromatic heterocycles. The van der Waals surface area contributed by atoms with Gasteiger partial charge in [-0.2, -0.15) is 5.10 Å². The molecule has 1 saturated heterocycles. The number of nitrogens with zero attached hydrogens (tertiary/aromatic N) is 4. The lowest BCUT2D eigenvalue weighted by Gasteiger charge is -2.23. The lowest BCUT2D eigenvalue weighted by molar-refractivity contribution is -0.130. The summed E-state index contributed by atoms with van der Waals surface area (Å²) >= 11 is 0. The van der Waals surface area contributed by atoms with Crippen LogP contribution in [0.5, 0.6) is 0 Å².